The number of H-pyrrole nitrogens is 1. The molecule has 1 aromatic heterocycles. The Morgan fingerprint density at radius 2 is 1.96 bits per heavy atom. The molecule has 26 heavy (non-hydrogen) atoms. The maximum atomic E-state index is 12.3. The highest BCUT2D eigenvalue weighted by Crippen LogP contribution is 2.30. The molecule has 2 aromatic carbocycles. The minimum atomic E-state index is -0.159. The maximum Gasteiger partial charge on any atom is 0.258 e. The van der Waals surface area contributed by atoms with E-state index in [9.17, 15) is 9.59 Å². The first-order valence-electron chi connectivity index (χ1n) is 8.68. The lowest BCUT2D eigenvalue weighted by Gasteiger charge is -2.26. The van der Waals surface area contributed by atoms with Crippen LogP contribution in [0.15, 0.2) is 47.3 Å². The van der Waals surface area contributed by atoms with E-state index < -0.39 is 0 Å². The Hall–Kier alpha value is -3.15. The molecule has 0 radical (unpaired) electrons. The Labute approximate surface area is 150 Å². The number of fused-ring (bicyclic) bond motifs is 2. The molecule has 1 aliphatic heterocycles. The van der Waals surface area contributed by atoms with Crippen molar-refractivity contribution in [3.63, 3.8) is 0 Å². The molecule has 1 aliphatic rings. The number of benzene rings is 2. The van der Waals surface area contributed by atoms with Gasteiger partial charge < -0.3 is 15.2 Å². The van der Waals surface area contributed by atoms with Crippen LogP contribution in [-0.4, -0.2) is 22.9 Å². The molecular formula is C20H20N4O2. The van der Waals surface area contributed by atoms with Crippen LogP contribution in [0.3, 0.4) is 0 Å². The second kappa shape index (κ2) is 6.29. The normalized spacial score (nSPS) is 15.0. The molecule has 1 amide bonds. The second-order valence-corrected chi connectivity index (χ2v) is 6.63. The van der Waals surface area contributed by atoms with Crippen molar-refractivity contribution in [3.8, 4) is 0 Å². The Morgan fingerprint density at radius 3 is 2.81 bits per heavy atom. The van der Waals surface area contributed by atoms with Crippen LogP contribution in [0.4, 0.5) is 11.4 Å². The van der Waals surface area contributed by atoms with Crippen LogP contribution in [0.5, 0.6) is 0 Å². The summed E-state index contributed by atoms with van der Waals surface area (Å²) in [6.45, 7) is 1.96. The summed E-state index contributed by atoms with van der Waals surface area (Å²) >= 11 is 0. The zero-order chi connectivity index (χ0) is 18.3. The first-order chi connectivity index (χ1) is 12.5. The van der Waals surface area contributed by atoms with Gasteiger partial charge in [0, 0.05) is 24.8 Å². The van der Waals surface area contributed by atoms with E-state index in [0.29, 0.717) is 23.1 Å². The van der Waals surface area contributed by atoms with E-state index >= 15 is 0 Å². The molecule has 2 N–H and O–H groups in total. The van der Waals surface area contributed by atoms with E-state index in [-0.39, 0.29) is 17.5 Å². The van der Waals surface area contributed by atoms with Crippen LogP contribution < -0.4 is 15.8 Å². The molecular weight excluding hydrogens is 328 g/mol. The minimum Gasteiger partial charge on any atom is -0.375 e. The standard InChI is InChI=1S/C20H20N4O2/c1-12(19-22-16-6-4-3-5-15(16)20(26)23-19)21-14-8-9-17-13(11-14)7-10-18(25)24(17)2/h3-6,8-9,11-12,21H,7,10H2,1-2H3,(H,22,23,26). The third-order valence-electron chi connectivity index (χ3n) is 4.85. The molecule has 0 saturated carbocycles. The highest BCUT2D eigenvalue weighted by molar-refractivity contribution is 5.96. The van der Waals surface area contributed by atoms with Crippen molar-refractivity contribution >= 4 is 28.2 Å². The van der Waals surface area contributed by atoms with Gasteiger partial charge in [0.1, 0.15) is 5.82 Å². The predicted octanol–water partition coefficient (Wildman–Crippen LogP) is 3.01. The molecule has 0 bridgehead atoms. The van der Waals surface area contributed by atoms with Crippen LogP contribution in [0, 0.1) is 0 Å². The van der Waals surface area contributed by atoms with Crippen molar-refractivity contribution in [1.29, 1.82) is 0 Å². The smallest absolute Gasteiger partial charge is 0.258 e. The summed E-state index contributed by atoms with van der Waals surface area (Å²) in [5.41, 5.74) is 3.59. The van der Waals surface area contributed by atoms with Gasteiger partial charge in [0.2, 0.25) is 5.91 Å². The molecule has 132 valence electrons. The van der Waals surface area contributed by atoms with Crippen molar-refractivity contribution < 1.29 is 4.79 Å². The van der Waals surface area contributed by atoms with Crippen LogP contribution >= 0.6 is 0 Å². The third-order valence-corrected chi connectivity index (χ3v) is 4.85. The third kappa shape index (κ3) is 2.83. The number of nitrogens with zero attached hydrogens (tertiary/aromatic N) is 2. The van der Waals surface area contributed by atoms with Gasteiger partial charge in [-0.25, -0.2) is 4.98 Å². The van der Waals surface area contributed by atoms with Gasteiger partial charge in [0.15, 0.2) is 0 Å². The average molecular weight is 348 g/mol. The number of hydrogen-bond donors (Lipinski definition) is 2. The van der Waals surface area contributed by atoms with Crippen molar-refractivity contribution in [2.45, 2.75) is 25.8 Å². The van der Waals surface area contributed by atoms with Crippen LogP contribution in [0.1, 0.15) is 30.8 Å². The molecule has 0 aliphatic carbocycles. The van der Waals surface area contributed by atoms with E-state index in [4.69, 9.17) is 0 Å². The number of hydrogen-bond acceptors (Lipinski definition) is 4. The molecule has 6 nitrogen and oxygen atoms in total. The molecule has 0 spiro atoms. The fourth-order valence-electron chi connectivity index (χ4n) is 3.37. The van der Waals surface area contributed by atoms with Gasteiger partial charge in [-0.05, 0) is 49.2 Å². The lowest BCUT2D eigenvalue weighted by atomic mass is 10.0. The highest BCUT2D eigenvalue weighted by atomic mass is 16.2. The van der Waals surface area contributed by atoms with Gasteiger partial charge in [0.25, 0.3) is 5.56 Å². The van der Waals surface area contributed by atoms with E-state index in [1.54, 1.807) is 18.0 Å². The van der Waals surface area contributed by atoms with Gasteiger partial charge in [-0.1, -0.05) is 12.1 Å². The number of rotatable bonds is 3. The van der Waals surface area contributed by atoms with Gasteiger partial charge in [0.05, 0.1) is 16.9 Å². The molecule has 0 saturated heterocycles. The fourth-order valence-corrected chi connectivity index (χ4v) is 3.37. The summed E-state index contributed by atoms with van der Waals surface area (Å²) in [5, 5.41) is 3.98. The second-order valence-electron chi connectivity index (χ2n) is 6.63. The molecule has 1 unspecified atom stereocenters. The number of carbonyl (C=O) groups is 1. The van der Waals surface area contributed by atoms with Crippen LogP contribution in [-0.2, 0) is 11.2 Å². The first kappa shape index (κ1) is 16.3. The SMILES string of the molecule is CC(Nc1ccc2c(c1)CCC(=O)N2C)c1nc2ccccc2c(=O)[nH]1. The Balaban J connectivity index is 1.62. The number of amides is 1. The van der Waals surface area contributed by atoms with Crippen LogP contribution in [0.25, 0.3) is 10.9 Å². The molecule has 0 fully saturated rings. The molecule has 1 atom stereocenters. The summed E-state index contributed by atoms with van der Waals surface area (Å²) in [4.78, 5) is 33.2. The van der Waals surface area contributed by atoms with Crippen molar-refractivity contribution in [1.82, 2.24) is 9.97 Å². The Morgan fingerprint density at radius 1 is 1.15 bits per heavy atom. The minimum absolute atomic E-state index is 0.134. The number of para-hydroxylation sites is 1. The summed E-state index contributed by atoms with van der Waals surface area (Å²) in [5.74, 6) is 0.739. The summed E-state index contributed by atoms with van der Waals surface area (Å²) in [6.07, 6.45) is 1.27. The fraction of sp³-hybridized carbons (Fsp3) is 0.250. The van der Waals surface area contributed by atoms with Crippen LogP contribution in [0.2, 0.25) is 0 Å². The number of aromatic nitrogens is 2. The lowest BCUT2D eigenvalue weighted by Crippen LogP contribution is -2.31. The number of aryl methyl sites for hydroxylation is 1. The Bertz CT molecular complexity index is 1060. The number of nitrogens with one attached hydrogen (secondary N) is 2. The van der Waals surface area contributed by atoms with Gasteiger partial charge >= 0.3 is 0 Å². The molecule has 4 rings (SSSR count). The van der Waals surface area contributed by atoms with E-state index in [1.165, 1.54) is 0 Å². The average Bonchev–Trinajstić information content (AvgIpc) is 2.65. The summed E-state index contributed by atoms with van der Waals surface area (Å²) < 4.78 is 0. The van der Waals surface area contributed by atoms with Gasteiger partial charge in [-0.15, -0.1) is 0 Å². The van der Waals surface area contributed by atoms with Crippen molar-refractivity contribution in [3.05, 3.63) is 64.2 Å². The highest BCUT2D eigenvalue weighted by Gasteiger charge is 2.21. The van der Waals surface area contributed by atoms with Gasteiger partial charge in [-0.2, -0.15) is 0 Å². The topological polar surface area (TPSA) is 78.1 Å². The number of anilines is 2. The molecule has 2 heterocycles. The zero-order valence-electron chi connectivity index (χ0n) is 14.7. The van der Waals surface area contributed by atoms with E-state index in [1.807, 2.05) is 37.3 Å². The monoisotopic (exact) mass is 348 g/mol. The largest absolute Gasteiger partial charge is 0.375 e. The number of aromatic amines is 1. The first-order valence-corrected chi connectivity index (χ1v) is 8.68. The van der Waals surface area contributed by atoms with Gasteiger partial charge in [-0.3, -0.25) is 9.59 Å². The maximum absolute atomic E-state index is 12.3. The summed E-state index contributed by atoms with van der Waals surface area (Å²) in [7, 11) is 1.81. The lowest BCUT2D eigenvalue weighted by molar-refractivity contribution is -0.118. The van der Waals surface area contributed by atoms with E-state index in [0.717, 1.165) is 23.4 Å². The molecule has 3 aromatic rings. The predicted molar refractivity (Wildman–Crippen MR) is 103 cm³/mol. The molecule has 6 heteroatoms. The number of carbonyl (C=O) groups excluding carboxylic acids is 1. The van der Waals surface area contributed by atoms with Crippen molar-refractivity contribution in [2.75, 3.05) is 17.3 Å². The zero-order valence-corrected chi connectivity index (χ0v) is 14.7. The quantitative estimate of drug-likeness (QED) is 0.763. The van der Waals surface area contributed by atoms with E-state index in [2.05, 4.69) is 21.4 Å². The summed E-state index contributed by atoms with van der Waals surface area (Å²) in [6, 6.07) is 13.1. The van der Waals surface area contributed by atoms with Crippen molar-refractivity contribution in [2.24, 2.45) is 0 Å². The Kier molecular flexibility index (Phi) is 3.95.